The molecule has 156 valence electrons. The van der Waals surface area contributed by atoms with Gasteiger partial charge in [-0.1, -0.05) is 30.3 Å². The number of aryl methyl sites for hydroxylation is 1. The third-order valence-electron chi connectivity index (χ3n) is 4.80. The monoisotopic (exact) mass is 434 g/mol. The number of carbonyl (C=O) groups is 1. The largest absolute Gasteiger partial charge is 0.506 e. The highest BCUT2D eigenvalue weighted by molar-refractivity contribution is 7.91. The summed E-state index contributed by atoms with van der Waals surface area (Å²) >= 11 is 0. The molecule has 3 N–H and O–H groups in total. The molecule has 1 aromatic heterocycles. The highest BCUT2D eigenvalue weighted by Gasteiger charge is 2.27. The first-order chi connectivity index (χ1) is 14.8. The molecule has 8 heteroatoms. The van der Waals surface area contributed by atoms with E-state index in [4.69, 9.17) is 0 Å². The average molecular weight is 434 g/mol. The molecular formula is C23H18N2O5S. The number of anilines is 1. The first kappa shape index (κ1) is 20.4. The van der Waals surface area contributed by atoms with Gasteiger partial charge < -0.3 is 15.4 Å². The average Bonchev–Trinajstić information content (AvgIpc) is 2.73. The molecule has 4 aromatic rings. The van der Waals surface area contributed by atoms with Gasteiger partial charge in [0.25, 0.3) is 11.5 Å². The first-order valence-corrected chi connectivity index (χ1v) is 10.8. The van der Waals surface area contributed by atoms with E-state index in [1.165, 1.54) is 42.5 Å². The molecule has 0 aliphatic carbocycles. The maximum absolute atomic E-state index is 12.9. The van der Waals surface area contributed by atoms with Crippen LogP contribution in [0.1, 0.15) is 15.9 Å². The summed E-state index contributed by atoms with van der Waals surface area (Å²) < 4.78 is 25.8. The Labute approximate surface area is 177 Å². The number of carbonyl (C=O) groups excluding carboxylic acids is 1. The number of H-pyrrole nitrogens is 1. The molecule has 7 nitrogen and oxygen atoms in total. The van der Waals surface area contributed by atoms with Crippen LogP contribution in [0.2, 0.25) is 0 Å². The third-order valence-corrected chi connectivity index (χ3v) is 6.61. The lowest BCUT2D eigenvalue weighted by atomic mass is 10.1. The molecule has 4 rings (SSSR count). The summed E-state index contributed by atoms with van der Waals surface area (Å²) in [5.41, 5.74) is 1.02. The Hall–Kier alpha value is -3.91. The number of rotatable bonds is 4. The van der Waals surface area contributed by atoms with Gasteiger partial charge in [-0.3, -0.25) is 9.59 Å². The summed E-state index contributed by atoms with van der Waals surface area (Å²) in [5, 5.41) is 13.5. The Morgan fingerprint density at radius 3 is 2.42 bits per heavy atom. The minimum absolute atomic E-state index is 0.107. The number of amides is 1. The molecule has 3 aromatic carbocycles. The molecule has 0 saturated carbocycles. The molecule has 0 aliphatic rings. The summed E-state index contributed by atoms with van der Waals surface area (Å²) in [6.07, 6.45) is 0. The number of hydrogen-bond acceptors (Lipinski definition) is 5. The zero-order valence-electron chi connectivity index (χ0n) is 16.4. The lowest BCUT2D eigenvalue weighted by Crippen LogP contribution is -2.18. The number of hydrogen-bond donors (Lipinski definition) is 3. The quantitative estimate of drug-likeness (QED) is 0.454. The van der Waals surface area contributed by atoms with Gasteiger partial charge in [0.2, 0.25) is 9.84 Å². The van der Waals surface area contributed by atoms with Crippen molar-refractivity contribution in [3.05, 3.63) is 94.3 Å². The number of sulfone groups is 1. The van der Waals surface area contributed by atoms with Gasteiger partial charge in [0.1, 0.15) is 5.75 Å². The van der Waals surface area contributed by atoms with Crippen LogP contribution in [0, 0.1) is 6.92 Å². The second-order valence-corrected chi connectivity index (χ2v) is 8.92. The second-order valence-electron chi connectivity index (χ2n) is 7.03. The van der Waals surface area contributed by atoms with Crippen LogP contribution in [0.5, 0.6) is 5.75 Å². The van der Waals surface area contributed by atoms with Crippen LogP contribution >= 0.6 is 0 Å². The van der Waals surface area contributed by atoms with Gasteiger partial charge in [-0.25, -0.2) is 8.42 Å². The number of fused-ring (bicyclic) bond motifs is 1. The van der Waals surface area contributed by atoms with E-state index in [0.717, 1.165) is 5.56 Å². The summed E-state index contributed by atoms with van der Waals surface area (Å²) in [6, 6.07) is 18.9. The molecule has 0 bridgehead atoms. The van der Waals surface area contributed by atoms with E-state index in [1.54, 1.807) is 12.1 Å². The lowest BCUT2D eigenvalue weighted by molar-refractivity contribution is 0.102. The van der Waals surface area contributed by atoms with Crippen LogP contribution in [-0.4, -0.2) is 24.4 Å². The molecule has 0 atom stereocenters. The number of aromatic hydroxyl groups is 1. The van der Waals surface area contributed by atoms with Gasteiger partial charge >= 0.3 is 0 Å². The third kappa shape index (κ3) is 3.80. The molecular weight excluding hydrogens is 416 g/mol. The lowest BCUT2D eigenvalue weighted by Gasteiger charge is -2.10. The fourth-order valence-electron chi connectivity index (χ4n) is 3.30. The Kier molecular flexibility index (Phi) is 5.08. The Morgan fingerprint density at radius 2 is 1.71 bits per heavy atom. The Morgan fingerprint density at radius 1 is 0.968 bits per heavy atom. The number of nitrogens with one attached hydrogen (secondary N) is 2. The molecule has 0 aliphatic heterocycles. The zero-order chi connectivity index (χ0) is 22.2. The topological polar surface area (TPSA) is 116 Å². The Bertz CT molecular complexity index is 1480. The van der Waals surface area contributed by atoms with Crippen molar-refractivity contribution in [1.29, 1.82) is 0 Å². The molecule has 0 saturated heterocycles. The van der Waals surface area contributed by atoms with Gasteiger partial charge in [-0.2, -0.15) is 0 Å². The highest BCUT2D eigenvalue weighted by atomic mass is 32.2. The summed E-state index contributed by atoms with van der Waals surface area (Å²) in [7, 11) is -4.24. The summed E-state index contributed by atoms with van der Waals surface area (Å²) in [6.45, 7) is 1.90. The normalized spacial score (nSPS) is 11.4. The molecule has 31 heavy (non-hydrogen) atoms. The maximum atomic E-state index is 12.9. The van der Waals surface area contributed by atoms with E-state index in [0.29, 0.717) is 5.69 Å². The van der Waals surface area contributed by atoms with Crippen molar-refractivity contribution in [1.82, 2.24) is 4.98 Å². The van der Waals surface area contributed by atoms with Crippen LogP contribution in [0.25, 0.3) is 10.9 Å². The molecule has 1 amide bonds. The minimum atomic E-state index is -4.24. The van der Waals surface area contributed by atoms with E-state index in [2.05, 4.69) is 10.3 Å². The van der Waals surface area contributed by atoms with Crippen LogP contribution in [0.3, 0.4) is 0 Å². The van der Waals surface area contributed by atoms with E-state index in [9.17, 15) is 23.1 Å². The van der Waals surface area contributed by atoms with Crippen molar-refractivity contribution >= 4 is 32.3 Å². The van der Waals surface area contributed by atoms with Crippen molar-refractivity contribution in [2.75, 3.05) is 5.32 Å². The van der Waals surface area contributed by atoms with Crippen LogP contribution in [-0.2, 0) is 9.84 Å². The van der Waals surface area contributed by atoms with Crippen molar-refractivity contribution in [3.63, 3.8) is 0 Å². The van der Waals surface area contributed by atoms with E-state index in [-0.39, 0.29) is 21.4 Å². The van der Waals surface area contributed by atoms with Crippen molar-refractivity contribution in [2.45, 2.75) is 16.7 Å². The highest BCUT2D eigenvalue weighted by Crippen LogP contribution is 2.31. The SMILES string of the molecule is Cc1cccc(NC(=O)c2ccc3c(O)c(S(=O)(=O)c4ccccc4)c(=O)[nH]c3c2)c1. The first-order valence-electron chi connectivity index (χ1n) is 9.34. The molecule has 1 heterocycles. The molecule has 0 spiro atoms. The predicted molar refractivity (Wildman–Crippen MR) is 117 cm³/mol. The Balaban J connectivity index is 1.77. The van der Waals surface area contributed by atoms with Crippen LogP contribution in [0.15, 0.2) is 87.4 Å². The van der Waals surface area contributed by atoms with Gasteiger partial charge in [-0.05, 0) is 55.0 Å². The van der Waals surface area contributed by atoms with E-state index < -0.39 is 31.9 Å². The van der Waals surface area contributed by atoms with Gasteiger partial charge in [0.15, 0.2) is 4.90 Å². The van der Waals surface area contributed by atoms with Crippen LogP contribution < -0.4 is 10.9 Å². The fourth-order valence-corrected chi connectivity index (χ4v) is 4.71. The second kappa shape index (κ2) is 7.73. The van der Waals surface area contributed by atoms with Gasteiger partial charge in [-0.15, -0.1) is 0 Å². The minimum Gasteiger partial charge on any atom is -0.506 e. The van der Waals surface area contributed by atoms with E-state index in [1.807, 2.05) is 25.1 Å². The number of pyridine rings is 1. The number of aromatic nitrogens is 1. The molecule has 0 fully saturated rings. The summed E-state index contributed by atoms with van der Waals surface area (Å²) in [4.78, 5) is 26.8. The summed E-state index contributed by atoms with van der Waals surface area (Å²) in [5.74, 6) is -1.07. The van der Waals surface area contributed by atoms with Crippen molar-refractivity contribution in [3.8, 4) is 5.75 Å². The maximum Gasteiger partial charge on any atom is 0.271 e. The number of benzene rings is 3. The number of aromatic amines is 1. The van der Waals surface area contributed by atoms with Crippen LogP contribution in [0.4, 0.5) is 5.69 Å². The predicted octanol–water partition coefficient (Wildman–Crippen LogP) is 3.63. The van der Waals surface area contributed by atoms with Crippen molar-refractivity contribution < 1.29 is 18.3 Å². The van der Waals surface area contributed by atoms with Gasteiger partial charge in [0, 0.05) is 16.6 Å². The zero-order valence-corrected chi connectivity index (χ0v) is 17.2. The smallest absolute Gasteiger partial charge is 0.271 e. The van der Waals surface area contributed by atoms with Gasteiger partial charge in [0.05, 0.1) is 10.4 Å². The molecule has 0 radical (unpaired) electrons. The van der Waals surface area contributed by atoms with E-state index >= 15 is 0 Å². The molecule has 0 unspecified atom stereocenters. The fraction of sp³-hybridized carbons (Fsp3) is 0.0435. The standard InChI is InChI=1S/C23H18N2O5S/c1-14-6-5-7-16(12-14)24-22(27)15-10-11-18-19(13-15)25-23(28)21(20(18)26)31(29,30)17-8-3-2-4-9-17/h2-13H,1H3,(H,24,27)(H2,25,26,28). The van der Waals surface area contributed by atoms with Crippen molar-refractivity contribution in [2.24, 2.45) is 0 Å².